The SMILES string of the molecule is O=C(NCc1ccccc1)c1ccc(Nc2ccc(N3CCCC3)cc2)cn1. The lowest BCUT2D eigenvalue weighted by Gasteiger charge is -2.18. The maximum atomic E-state index is 12.3. The second-order valence-corrected chi connectivity index (χ2v) is 6.97. The van der Waals surface area contributed by atoms with Crippen LogP contribution in [0.5, 0.6) is 0 Å². The van der Waals surface area contributed by atoms with Crippen LogP contribution in [-0.2, 0) is 6.54 Å². The fraction of sp³-hybridized carbons (Fsp3) is 0.217. The summed E-state index contributed by atoms with van der Waals surface area (Å²) in [4.78, 5) is 18.9. The maximum Gasteiger partial charge on any atom is 0.270 e. The Bertz CT molecular complexity index is 902. The molecule has 2 heterocycles. The molecule has 0 aliphatic carbocycles. The number of nitrogens with zero attached hydrogens (tertiary/aromatic N) is 2. The van der Waals surface area contributed by atoms with Crippen molar-refractivity contribution in [2.75, 3.05) is 23.3 Å². The first-order valence-corrected chi connectivity index (χ1v) is 9.68. The van der Waals surface area contributed by atoms with Crippen LogP contribution in [0.3, 0.4) is 0 Å². The first-order valence-electron chi connectivity index (χ1n) is 9.68. The minimum Gasteiger partial charge on any atom is -0.372 e. The standard InChI is InChI=1S/C23H24N4O/c28-23(25-16-18-6-2-1-3-7-18)22-13-10-20(17-24-22)26-19-8-11-21(12-9-19)27-14-4-5-15-27/h1-3,6-13,17,26H,4-5,14-16H2,(H,25,28). The molecule has 1 saturated heterocycles. The summed E-state index contributed by atoms with van der Waals surface area (Å²) in [7, 11) is 0. The number of carbonyl (C=O) groups is 1. The molecule has 1 aliphatic heterocycles. The second kappa shape index (κ2) is 8.57. The summed E-state index contributed by atoms with van der Waals surface area (Å²) in [5.74, 6) is -0.176. The Morgan fingerprint density at radius 2 is 1.61 bits per heavy atom. The zero-order valence-corrected chi connectivity index (χ0v) is 15.8. The van der Waals surface area contributed by atoms with Crippen molar-refractivity contribution in [3.05, 3.63) is 84.2 Å². The lowest BCUT2D eigenvalue weighted by atomic mass is 10.2. The molecular formula is C23H24N4O. The van der Waals surface area contributed by atoms with Gasteiger partial charge in [0.1, 0.15) is 5.69 Å². The van der Waals surface area contributed by atoms with Crippen LogP contribution in [-0.4, -0.2) is 24.0 Å². The van der Waals surface area contributed by atoms with Gasteiger partial charge < -0.3 is 15.5 Å². The van der Waals surface area contributed by atoms with Crippen LogP contribution in [0.1, 0.15) is 28.9 Å². The summed E-state index contributed by atoms with van der Waals surface area (Å²) in [5.41, 5.74) is 4.60. The molecule has 28 heavy (non-hydrogen) atoms. The van der Waals surface area contributed by atoms with Crippen molar-refractivity contribution in [2.45, 2.75) is 19.4 Å². The predicted octanol–water partition coefficient (Wildman–Crippen LogP) is 4.36. The molecule has 142 valence electrons. The van der Waals surface area contributed by atoms with Gasteiger partial charge in [-0.2, -0.15) is 0 Å². The third-order valence-electron chi connectivity index (χ3n) is 4.92. The largest absolute Gasteiger partial charge is 0.372 e. The molecule has 0 atom stereocenters. The van der Waals surface area contributed by atoms with Gasteiger partial charge >= 0.3 is 0 Å². The van der Waals surface area contributed by atoms with Gasteiger partial charge in [-0.05, 0) is 54.8 Å². The molecule has 2 N–H and O–H groups in total. The van der Waals surface area contributed by atoms with E-state index in [-0.39, 0.29) is 5.91 Å². The number of hydrogen-bond acceptors (Lipinski definition) is 4. The van der Waals surface area contributed by atoms with E-state index < -0.39 is 0 Å². The lowest BCUT2D eigenvalue weighted by Crippen LogP contribution is -2.23. The molecule has 5 heteroatoms. The topological polar surface area (TPSA) is 57.3 Å². The van der Waals surface area contributed by atoms with Crippen molar-refractivity contribution in [1.29, 1.82) is 0 Å². The average molecular weight is 372 g/mol. The van der Waals surface area contributed by atoms with Crippen LogP contribution < -0.4 is 15.5 Å². The number of nitrogens with one attached hydrogen (secondary N) is 2. The number of amides is 1. The highest BCUT2D eigenvalue weighted by Crippen LogP contribution is 2.23. The van der Waals surface area contributed by atoms with E-state index in [1.54, 1.807) is 12.3 Å². The van der Waals surface area contributed by atoms with Crippen LogP contribution in [0.25, 0.3) is 0 Å². The monoisotopic (exact) mass is 372 g/mol. The number of rotatable bonds is 6. The quantitative estimate of drug-likeness (QED) is 0.675. The molecule has 0 unspecified atom stereocenters. The van der Waals surface area contributed by atoms with Gasteiger partial charge in [0.15, 0.2) is 0 Å². The Labute approximate surface area is 165 Å². The Morgan fingerprint density at radius 3 is 2.29 bits per heavy atom. The maximum absolute atomic E-state index is 12.3. The average Bonchev–Trinajstić information content (AvgIpc) is 3.29. The Balaban J connectivity index is 1.33. The molecule has 0 saturated carbocycles. The fourth-order valence-corrected chi connectivity index (χ4v) is 3.37. The van der Waals surface area contributed by atoms with Crippen molar-refractivity contribution in [3.8, 4) is 0 Å². The zero-order valence-electron chi connectivity index (χ0n) is 15.8. The van der Waals surface area contributed by atoms with E-state index in [2.05, 4.69) is 44.8 Å². The van der Waals surface area contributed by atoms with Crippen LogP contribution >= 0.6 is 0 Å². The highest BCUT2D eigenvalue weighted by molar-refractivity contribution is 5.92. The number of aromatic nitrogens is 1. The summed E-state index contributed by atoms with van der Waals surface area (Å²) in [5, 5.41) is 6.22. The molecule has 1 amide bonds. The Hall–Kier alpha value is -3.34. The summed E-state index contributed by atoms with van der Waals surface area (Å²) in [6, 6.07) is 21.9. The number of pyridine rings is 1. The van der Waals surface area contributed by atoms with E-state index in [1.807, 2.05) is 36.4 Å². The summed E-state index contributed by atoms with van der Waals surface area (Å²) in [6.07, 6.45) is 4.24. The molecule has 1 aliphatic rings. The van der Waals surface area contributed by atoms with E-state index >= 15 is 0 Å². The molecule has 4 rings (SSSR count). The van der Waals surface area contributed by atoms with Gasteiger partial charge in [-0.15, -0.1) is 0 Å². The third-order valence-corrected chi connectivity index (χ3v) is 4.92. The minimum atomic E-state index is -0.176. The third kappa shape index (κ3) is 4.49. The molecule has 2 aromatic carbocycles. The van der Waals surface area contributed by atoms with Gasteiger partial charge in [-0.3, -0.25) is 4.79 Å². The molecule has 5 nitrogen and oxygen atoms in total. The van der Waals surface area contributed by atoms with Crippen LogP contribution in [0.2, 0.25) is 0 Å². The lowest BCUT2D eigenvalue weighted by molar-refractivity contribution is 0.0946. The minimum absolute atomic E-state index is 0.176. The molecule has 0 spiro atoms. The van der Waals surface area contributed by atoms with E-state index in [1.165, 1.54) is 18.5 Å². The number of benzene rings is 2. The molecular weight excluding hydrogens is 348 g/mol. The summed E-state index contributed by atoms with van der Waals surface area (Å²) in [6.45, 7) is 2.78. The van der Waals surface area contributed by atoms with Crippen LogP contribution in [0.4, 0.5) is 17.1 Å². The predicted molar refractivity (Wildman–Crippen MR) is 113 cm³/mol. The van der Waals surface area contributed by atoms with Crippen molar-refractivity contribution in [3.63, 3.8) is 0 Å². The first kappa shape index (κ1) is 18.0. The van der Waals surface area contributed by atoms with Gasteiger partial charge in [0.25, 0.3) is 5.91 Å². The molecule has 1 fully saturated rings. The highest BCUT2D eigenvalue weighted by Gasteiger charge is 2.12. The zero-order chi connectivity index (χ0) is 19.2. The van der Waals surface area contributed by atoms with Crippen molar-refractivity contribution in [2.24, 2.45) is 0 Å². The van der Waals surface area contributed by atoms with Gasteiger partial charge in [-0.25, -0.2) is 4.98 Å². The van der Waals surface area contributed by atoms with Gasteiger partial charge in [-0.1, -0.05) is 30.3 Å². The van der Waals surface area contributed by atoms with Crippen molar-refractivity contribution >= 4 is 23.0 Å². The van der Waals surface area contributed by atoms with E-state index in [4.69, 9.17) is 0 Å². The second-order valence-electron chi connectivity index (χ2n) is 6.97. The van der Waals surface area contributed by atoms with Crippen molar-refractivity contribution < 1.29 is 4.79 Å². The van der Waals surface area contributed by atoms with Crippen molar-refractivity contribution in [1.82, 2.24) is 10.3 Å². The van der Waals surface area contributed by atoms with Crippen LogP contribution in [0.15, 0.2) is 72.9 Å². The summed E-state index contributed by atoms with van der Waals surface area (Å²) >= 11 is 0. The van der Waals surface area contributed by atoms with Gasteiger partial charge in [0.2, 0.25) is 0 Å². The Morgan fingerprint density at radius 1 is 0.893 bits per heavy atom. The van der Waals surface area contributed by atoms with E-state index in [9.17, 15) is 4.79 Å². The molecule has 0 radical (unpaired) electrons. The summed E-state index contributed by atoms with van der Waals surface area (Å²) < 4.78 is 0. The van der Waals surface area contributed by atoms with Crippen LogP contribution in [0, 0.1) is 0 Å². The number of hydrogen-bond donors (Lipinski definition) is 2. The molecule has 1 aromatic heterocycles. The molecule has 3 aromatic rings. The number of anilines is 3. The van der Waals surface area contributed by atoms with Gasteiger partial charge in [0.05, 0.1) is 11.9 Å². The fourth-order valence-electron chi connectivity index (χ4n) is 3.37. The molecule has 0 bridgehead atoms. The normalized spacial score (nSPS) is 13.4. The number of carbonyl (C=O) groups excluding carboxylic acids is 1. The van der Waals surface area contributed by atoms with Gasteiger partial charge in [0, 0.05) is 31.0 Å². The first-order chi connectivity index (χ1) is 13.8. The van der Waals surface area contributed by atoms with E-state index in [0.29, 0.717) is 12.2 Å². The smallest absolute Gasteiger partial charge is 0.270 e. The van der Waals surface area contributed by atoms with E-state index in [0.717, 1.165) is 30.0 Å². The highest BCUT2D eigenvalue weighted by atomic mass is 16.1. The Kier molecular flexibility index (Phi) is 5.52.